The number of hydrogen-bond donors (Lipinski definition) is 0. The molecule has 0 aromatic rings. The first kappa shape index (κ1) is 16.7. The van der Waals surface area contributed by atoms with Gasteiger partial charge in [-0.15, -0.1) is 0 Å². The van der Waals surface area contributed by atoms with E-state index in [2.05, 4.69) is 18.6 Å². The van der Waals surface area contributed by atoms with Gasteiger partial charge in [-0.3, -0.25) is 0 Å². The minimum absolute atomic E-state index is 0.317. The lowest BCUT2D eigenvalue weighted by Gasteiger charge is -2.13. The predicted molar refractivity (Wildman–Crippen MR) is 70.2 cm³/mol. The number of allylic oxidation sites excluding steroid dienone is 1. The molecule has 18 heavy (non-hydrogen) atoms. The summed E-state index contributed by atoms with van der Waals surface area (Å²) >= 11 is 0. The van der Waals surface area contributed by atoms with Gasteiger partial charge in [0, 0.05) is 5.57 Å². The van der Waals surface area contributed by atoms with E-state index in [1.807, 2.05) is 0 Å². The van der Waals surface area contributed by atoms with Crippen molar-refractivity contribution in [2.24, 2.45) is 5.92 Å². The van der Waals surface area contributed by atoms with Crippen LogP contribution in [0.3, 0.4) is 0 Å². The number of rotatable bonds is 7. The first-order valence-corrected chi connectivity index (χ1v) is 6.56. The van der Waals surface area contributed by atoms with Crippen molar-refractivity contribution in [1.82, 2.24) is 0 Å². The molecule has 0 heterocycles. The van der Waals surface area contributed by atoms with Crippen LogP contribution in [0.2, 0.25) is 0 Å². The van der Waals surface area contributed by atoms with Crippen molar-refractivity contribution >= 4 is 12.1 Å². The molecule has 0 aromatic carbocycles. The molecule has 0 rings (SSSR count). The van der Waals surface area contributed by atoms with Crippen LogP contribution >= 0.6 is 0 Å². The maximum Gasteiger partial charge on any atom is 0.516 e. The number of unbranched alkanes of at least 4 members (excludes halogenated alkanes) is 1. The largest absolute Gasteiger partial charge is 0.516 e. The Morgan fingerprint density at radius 2 is 1.94 bits per heavy atom. The Morgan fingerprint density at radius 1 is 1.28 bits per heavy atom. The first-order valence-electron chi connectivity index (χ1n) is 6.56. The van der Waals surface area contributed by atoms with E-state index in [4.69, 9.17) is 4.74 Å². The van der Waals surface area contributed by atoms with Gasteiger partial charge in [-0.25, -0.2) is 9.59 Å². The van der Waals surface area contributed by atoms with Gasteiger partial charge in [-0.1, -0.05) is 39.2 Å². The third-order valence-corrected chi connectivity index (χ3v) is 2.91. The molecule has 0 aliphatic heterocycles. The summed E-state index contributed by atoms with van der Waals surface area (Å²) in [5.74, 6) is -0.306. The molecular weight excluding hydrogens is 232 g/mol. The zero-order valence-corrected chi connectivity index (χ0v) is 11.8. The summed E-state index contributed by atoms with van der Waals surface area (Å²) in [7, 11) is 0. The van der Waals surface area contributed by atoms with Crippen molar-refractivity contribution in [1.29, 1.82) is 0 Å². The van der Waals surface area contributed by atoms with Crippen molar-refractivity contribution in [2.75, 3.05) is 6.61 Å². The molecule has 0 fully saturated rings. The van der Waals surface area contributed by atoms with Crippen molar-refractivity contribution in [3.63, 3.8) is 0 Å². The van der Waals surface area contributed by atoms with E-state index in [-0.39, 0.29) is 0 Å². The number of ether oxygens (including phenoxy) is 2. The van der Waals surface area contributed by atoms with Crippen LogP contribution in [0.5, 0.6) is 0 Å². The highest BCUT2D eigenvalue weighted by molar-refractivity contribution is 5.93. The van der Waals surface area contributed by atoms with Crippen molar-refractivity contribution < 1.29 is 19.1 Å². The maximum atomic E-state index is 11.3. The summed E-state index contributed by atoms with van der Waals surface area (Å²) in [6.45, 7) is 7.80. The quantitative estimate of drug-likeness (QED) is 0.394. The summed E-state index contributed by atoms with van der Waals surface area (Å²) in [6.07, 6.45) is 4.91. The standard InChI is InChI=1S/C14H24O4/c1-5-8-9-12(7-3)10-17-14(16)18-13(15)11(4)6-2/h6,12H,5,7-10H2,1-4H3. The molecule has 1 atom stereocenters. The molecule has 1 unspecified atom stereocenters. The highest BCUT2D eigenvalue weighted by atomic mass is 16.7. The Morgan fingerprint density at radius 3 is 2.44 bits per heavy atom. The first-order chi connectivity index (χ1) is 8.54. The fourth-order valence-corrected chi connectivity index (χ4v) is 1.39. The normalized spacial score (nSPS) is 13.0. The number of carbonyl (C=O) groups is 2. The molecular formula is C14H24O4. The highest BCUT2D eigenvalue weighted by Gasteiger charge is 2.15. The lowest BCUT2D eigenvalue weighted by molar-refractivity contribution is -0.135. The Labute approximate surface area is 109 Å². The Hall–Kier alpha value is -1.32. The van der Waals surface area contributed by atoms with Crippen LogP contribution < -0.4 is 0 Å². The van der Waals surface area contributed by atoms with E-state index in [1.54, 1.807) is 19.9 Å². The van der Waals surface area contributed by atoms with Crippen molar-refractivity contribution in [3.8, 4) is 0 Å². The zero-order chi connectivity index (χ0) is 14.0. The topological polar surface area (TPSA) is 52.6 Å². The second-order valence-corrected chi connectivity index (χ2v) is 4.34. The summed E-state index contributed by atoms with van der Waals surface area (Å²) in [5.41, 5.74) is 0.393. The summed E-state index contributed by atoms with van der Waals surface area (Å²) in [5, 5.41) is 0. The van der Waals surface area contributed by atoms with Crippen LogP contribution in [-0.4, -0.2) is 18.7 Å². The molecule has 0 saturated carbocycles. The van der Waals surface area contributed by atoms with Gasteiger partial charge < -0.3 is 9.47 Å². The third kappa shape index (κ3) is 7.09. The number of carbonyl (C=O) groups excluding carboxylic acids is 2. The number of esters is 1. The molecule has 0 radical (unpaired) electrons. The van der Waals surface area contributed by atoms with Gasteiger partial charge in [0.2, 0.25) is 0 Å². The number of hydrogen-bond acceptors (Lipinski definition) is 4. The van der Waals surface area contributed by atoms with E-state index in [1.165, 1.54) is 0 Å². The molecule has 104 valence electrons. The fourth-order valence-electron chi connectivity index (χ4n) is 1.39. The molecule has 0 bridgehead atoms. The maximum absolute atomic E-state index is 11.3. The SMILES string of the molecule is CC=C(C)C(=O)OC(=O)OCC(CC)CCCC. The van der Waals surface area contributed by atoms with Crippen LogP contribution in [0.25, 0.3) is 0 Å². The van der Waals surface area contributed by atoms with Gasteiger partial charge in [-0.05, 0) is 26.2 Å². The minimum atomic E-state index is -0.906. The van der Waals surface area contributed by atoms with E-state index in [9.17, 15) is 9.59 Å². The van der Waals surface area contributed by atoms with Gasteiger partial charge in [0.25, 0.3) is 0 Å². The molecule has 0 spiro atoms. The van der Waals surface area contributed by atoms with Crippen LogP contribution in [0.4, 0.5) is 4.79 Å². The van der Waals surface area contributed by atoms with E-state index < -0.39 is 12.1 Å². The average molecular weight is 256 g/mol. The summed E-state index contributed by atoms with van der Waals surface area (Å²) < 4.78 is 9.48. The van der Waals surface area contributed by atoms with E-state index in [0.29, 0.717) is 18.1 Å². The molecule has 0 aromatic heterocycles. The molecule has 4 nitrogen and oxygen atoms in total. The molecule has 0 aliphatic rings. The van der Waals surface area contributed by atoms with Crippen LogP contribution in [0.15, 0.2) is 11.6 Å². The van der Waals surface area contributed by atoms with Gasteiger partial charge in [0.1, 0.15) is 0 Å². The predicted octanol–water partition coefficient (Wildman–Crippen LogP) is 3.85. The average Bonchev–Trinajstić information content (AvgIpc) is 2.37. The Balaban J connectivity index is 3.98. The molecule has 0 amide bonds. The molecule has 0 N–H and O–H groups in total. The highest BCUT2D eigenvalue weighted by Crippen LogP contribution is 2.13. The second kappa shape index (κ2) is 9.68. The van der Waals surface area contributed by atoms with Crippen molar-refractivity contribution in [3.05, 3.63) is 11.6 Å². The summed E-state index contributed by atoms with van der Waals surface area (Å²) in [4.78, 5) is 22.6. The van der Waals surface area contributed by atoms with Gasteiger partial charge in [-0.2, -0.15) is 0 Å². The van der Waals surface area contributed by atoms with Gasteiger partial charge >= 0.3 is 12.1 Å². The van der Waals surface area contributed by atoms with Gasteiger partial charge in [0.05, 0.1) is 6.61 Å². The molecule has 0 saturated heterocycles. The third-order valence-electron chi connectivity index (χ3n) is 2.91. The molecule has 4 heteroatoms. The molecule has 0 aliphatic carbocycles. The lowest BCUT2D eigenvalue weighted by atomic mass is 10.0. The van der Waals surface area contributed by atoms with Crippen LogP contribution in [0, 0.1) is 5.92 Å². The minimum Gasteiger partial charge on any atom is -0.434 e. The zero-order valence-electron chi connectivity index (χ0n) is 11.8. The van der Waals surface area contributed by atoms with Crippen molar-refractivity contribution in [2.45, 2.75) is 53.4 Å². The van der Waals surface area contributed by atoms with Crippen LogP contribution in [0.1, 0.15) is 53.4 Å². The van der Waals surface area contributed by atoms with Crippen LogP contribution in [-0.2, 0) is 14.3 Å². The summed E-state index contributed by atoms with van der Waals surface area (Å²) in [6, 6.07) is 0. The monoisotopic (exact) mass is 256 g/mol. The lowest BCUT2D eigenvalue weighted by Crippen LogP contribution is -2.18. The fraction of sp³-hybridized carbons (Fsp3) is 0.714. The second-order valence-electron chi connectivity index (χ2n) is 4.34. The Kier molecular flexibility index (Phi) is 8.97. The Bertz CT molecular complexity index is 294. The van der Waals surface area contributed by atoms with E-state index in [0.717, 1.165) is 25.7 Å². The van der Waals surface area contributed by atoms with E-state index >= 15 is 0 Å². The van der Waals surface area contributed by atoms with Gasteiger partial charge in [0.15, 0.2) is 0 Å². The smallest absolute Gasteiger partial charge is 0.434 e.